The van der Waals surface area contributed by atoms with Crippen LogP contribution < -0.4 is 0 Å². The van der Waals surface area contributed by atoms with Crippen LogP contribution in [0.4, 0.5) is 0 Å². The number of fused-ring (bicyclic) bond motifs is 2. The van der Waals surface area contributed by atoms with E-state index in [2.05, 4.69) is 11.8 Å². The first kappa shape index (κ1) is 29.1. The first-order valence-electron chi connectivity index (χ1n) is 15.3. The Kier molecular flexibility index (Phi) is 6.71. The monoisotopic (exact) mass is 587 g/mol. The minimum Gasteiger partial charge on any atom is -0.455 e. The van der Waals surface area contributed by atoms with E-state index in [1.165, 1.54) is 0 Å². The van der Waals surface area contributed by atoms with E-state index in [0.29, 0.717) is 31.7 Å². The molecule has 1 saturated heterocycles. The number of aliphatic hydroxyl groups is 3. The van der Waals surface area contributed by atoms with E-state index >= 15 is 0 Å². The van der Waals surface area contributed by atoms with Gasteiger partial charge in [0, 0.05) is 82.5 Å². The van der Waals surface area contributed by atoms with Gasteiger partial charge in [-0.25, -0.2) is 4.79 Å². The molecule has 5 saturated carbocycles. The number of esters is 1. The van der Waals surface area contributed by atoms with Crippen molar-refractivity contribution in [2.45, 2.75) is 73.9 Å². The van der Waals surface area contributed by atoms with Crippen molar-refractivity contribution in [2.24, 2.45) is 34.5 Å². The maximum atomic E-state index is 13.5. The van der Waals surface area contributed by atoms with Crippen molar-refractivity contribution in [2.75, 3.05) is 48.1 Å². The Labute approximate surface area is 247 Å². The number of hydrogen-bond acceptors (Lipinski definition) is 10. The summed E-state index contributed by atoms with van der Waals surface area (Å²) in [7, 11) is 6.60. The van der Waals surface area contributed by atoms with E-state index in [9.17, 15) is 20.1 Å². The van der Waals surface area contributed by atoms with Crippen LogP contribution >= 0.6 is 0 Å². The van der Waals surface area contributed by atoms with Crippen LogP contribution in [0.1, 0.15) is 36.5 Å². The third-order valence-corrected chi connectivity index (χ3v) is 12.8. The Morgan fingerprint density at radius 3 is 2.31 bits per heavy atom. The molecule has 232 valence electrons. The third-order valence-electron chi connectivity index (χ3n) is 12.8. The minimum absolute atomic E-state index is 0.130. The number of carbonyl (C=O) groups is 1. The van der Waals surface area contributed by atoms with Crippen molar-refractivity contribution in [3.8, 4) is 0 Å². The molecule has 10 heteroatoms. The highest BCUT2D eigenvalue weighted by Crippen LogP contribution is 2.80. The van der Waals surface area contributed by atoms with Crippen LogP contribution in [0.3, 0.4) is 0 Å². The minimum atomic E-state index is -1.51. The molecule has 0 amide bonds. The number of rotatable bonds is 8. The molecule has 7 bridgehead atoms. The van der Waals surface area contributed by atoms with Crippen molar-refractivity contribution in [1.29, 1.82) is 0 Å². The Morgan fingerprint density at radius 1 is 0.976 bits per heavy atom. The number of aliphatic hydroxyl groups excluding tert-OH is 1. The molecule has 0 radical (unpaired) electrons. The Morgan fingerprint density at radius 2 is 1.69 bits per heavy atom. The molecular formula is C32H45NO9. The molecule has 7 rings (SSSR count). The summed E-state index contributed by atoms with van der Waals surface area (Å²) in [6.45, 7) is 3.76. The average molecular weight is 588 g/mol. The zero-order chi connectivity index (χ0) is 29.8. The molecule has 10 nitrogen and oxygen atoms in total. The zero-order valence-electron chi connectivity index (χ0n) is 25.1. The van der Waals surface area contributed by atoms with Gasteiger partial charge in [-0.15, -0.1) is 0 Å². The predicted molar refractivity (Wildman–Crippen MR) is 150 cm³/mol. The number of likely N-dealkylation sites (tertiary alicyclic amines) is 1. The van der Waals surface area contributed by atoms with Gasteiger partial charge in [0.25, 0.3) is 0 Å². The summed E-state index contributed by atoms with van der Waals surface area (Å²) < 4.78 is 30.8. The Balaban J connectivity index is 1.46. The molecule has 6 fully saturated rings. The lowest BCUT2D eigenvalue weighted by atomic mass is 9.42. The summed E-state index contributed by atoms with van der Waals surface area (Å²) in [5.41, 5.74) is -3.77. The second-order valence-electron chi connectivity index (χ2n) is 13.8. The topological polar surface area (TPSA) is 127 Å². The number of hydrogen-bond donors (Lipinski definition) is 3. The number of carbonyl (C=O) groups excluding carboxylic acids is 1. The first-order chi connectivity index (χ1) is 20.1. The number of methoxy groups -OCH3 is 4. The number of benzene rings is 1. The molecule has 5 aliphatic carbocycles. The van der Waals surface area contributed by atoms with E-state index < -0.39 is 64.3 Å². The summed E-state index contributed by atoms with van der Waals surface area (Å²) in [5.74, 6) is -2.02. The normalized spacial score (nSPS) is 51.9. The highest BCUT2D eigenvalue weighted by molar-refractivity contribution is 5.89. The molecule has 1 aliphatic heterocycles. The maximum absolute atomic E-state index is 13.5. The third kappa shape index (κ3) is 3.20. The van der Waals surface area contributed by atoms with Crippen LogP contribution in [0, 0.1) is 34.5 Å². The van der Waals surface area contributed by atoms with Gasteiger partial charge in [0.05, 0.1) is 42.2 Å². The standard InChI is InChI=1S/C32H45NO9/c1-6-33-15-29(16-38-2)19(34)12-20(39-3)32-18-13-30(36)21(40-4)14-31(37,23(26(32)33)24(41-5)25(29)32)22(18)27(30)42-28(35)17-10-8-7-9-11-17/h7-11,18-27,34,36-37H,6,12-16H2,1-5H3/t18-,19-,20+,21+,22-,23-,24+,25-,26?,27-,29+,30+,31-,32+/m1/s1. The fourth-order valence-electron chi connectivity index (χ4n) is 11.8. The molecule has 0 aromatic heterocycles. The second kappa shape index (κ2) is 9.68. The lowest BCUT2D eigenvalue weighted by molar-refractivity contribution is -0.298. The van der Waals surface area contributed by atoms with Crippen molar-refractivity contribution in [3.05, 3.63) is 35.9 Å². The SMILES string of the molecule is CCN1C[C@]2(COC)[C@H](O)C[C@H](OC)[C@]34C1[C@@H]([C@H](OC)[C@H]23)[C@@]1(O)C[C@H](OC)[C@@]2(O)C[C@@H]4[C@@H]1[C@H]2OC(=O)c1ccccc1. The molecule has 1 heterocycles. The fourth-order valence-corrected chi connectivity index (χ4v) is 11.8. The molecule has 6 aliphatic rings. The molecule has 1 aromatic rings. The van der Waals surface area contributed by atoms with Gasteiger partial charge in [0.2, 0.25) is 0 Å². The smallest absolute Gasteiger partial charge is 0.338 e. The van der Waals surface area contributed by atoms with Gasteiger partial charge in [0.1, 0.15) is 11.7 Å². The van der Waals surface area contributed by atoms with Gasteiger partial charge < -0.3 is 39.0 Å². The second-order valence-corrected chi connectivity index (χ2v) is 13.8. The average Bonchev–Trinajstić information content (AvgIpc) is 3.37. The summed E-state index contributed by atoms with van der Waals surface area (Å²) in [4.78, 5) is 15.9. The van der Waals surface area contributed by atoms with E-state index in [0.717, 1.165) is 0 Å². The van der Waals surface area contributed by atoms with Crippen molar-refractivity contribution in [1.82, 2.24) is 4.90 Å². The van der Waals surface area contributed by atoms with Gasteiger partial charge >= 0.3 is 5.97 Å². The highest BCUT2D eigenvalue weighted by Gasteiger charge is 2.89. The summed E-state index contributed by atoms with van der Waals surface area (Å²) >= 11 is 0. The zero-order valence-corrected chi connectivity index (χ0v) is 25.1. The summed E-state index contributed by atoms with van der Waals surface area (Å²) in [6, 6.07) is 8.63. The van der Waals surface area contributed by atoms with Crippen molar-refractivity contribution in [3.63, 3.8) is 0 Å². The quantitative estimate of drug-likeness (QED) is 0.381. The summed E-state index contributed by atoms with van der Waals surface area (Å²) in [5, 5.41) is 37.6. The number of nitrogens with zero attached hydrogens (tertiary/aromatic N) is 1. The summed E-state index contributed by atoms with van der Waals surface area (Å²) in [6.07, 6.45) is -2.36. The molecule has 3 N–H and O–H groups in total. The fraction of sp³-hybridized carbons (Fsp3) is 0.781. The maximum Gasteiger partial charge on any atom is 0.338 e. The van der Waals surface area contributed by atoms with Gasteiger partial charge in [-0.05, 0) is 31.0 Å². The van der Waals surface area contributed by atoms with Crippen LogP contribution in [0.15, 0.2) is 30.3 Å². The van der Waals surface area contributed by atoms with Crippen molar-refractivity contribution >= 4 is 5.97 Å². The molecule has 1 unspecified atom stereocenters. The number of ether oxygens (including phenoxy) is 5. The Bertz CT molecular complexity index is 1220. The van der Waals surface area contributed by atoms with Gasteiger partial charge in [-0.2, -0.15) is 0 Å². The largest absolute Gasteiger partial charge is 0.455 e. The predicted octanol–water partition coefficient (Wildman–Crippen LogP) is 1.11. The highest BCUT2D eigenvalue weighted by atomic mass is 16.6. The van der Waals surface area contributed by atoms with Crippen LogP contribution in [0.5, 0.6) is 0 Å². The Hall–Kier alpha value is -1.63. The molecule has 1 spiro atoms. The van der Waals surface area contributed by atoms with Gasteiger partial charge in [-0.1, -0.05) is 25.1 Å². The van der Waals surface area contributed by atoms with E-state index in [4.69, 9.17) is 23.7 Å². The van der Waals surface area contributed by atoms with E-state index in [1.54, 1.807) is 52.7 Å². The number of piperidine rings is 1. The molecule has 14 atom stereocenters. The van der Waals surface area contributed by atoms with Crippen LogP contribution in [0.2, 0.25) is 0 Å². The molecular weight excluding hydrogens is 542 g/mol. The van der Waals surface area contributed by atoms with E-state index in [1.807, 2.05) is 6.07 Å². The van der Waals surface area contributed by atoms with Gasteiger partial charge in [-0.3, -0.25) is 4.90 Å². The van der Waals surface area contributed by atoms with Crippen molar-refractivity contribution < 1.29 is 43.8 Å². The molecule has 1 aromatic carbocycles. The van der Waals surface area contributed by atoms with Crippen LogP contribution in [-0.4, -0.2) is 122 Å². The lowest BCUT2D eigenvalue weighted by Crippen LogP contribution is -2.79. The lowest BCUT2D eigenvalue weighted by Gasteiger charge is -2.70. The first-order valence-corrected chi connectivity index (χ1v) is 15.3. The van der Waals surface area contributed by atoms with Gasteiger partial charge in [0.15, 0.2) is 0 Å². The van der Waals surface area contributed by atoms with E-state index in [-0.39, 0.29) is 36.8 Å². The van der Waals surface area contributed by atoms with Crippen LogP contribution in [0.25, 0.3) is 0 Å². The molecule has 42 heavy (non-hydrogen) atoms. The van der Waals surface area contributed by atoms with Crippen LogP contribution in [-0.2, 0) is 23.7 Å².